The van der Waals surface area contributed by atoms with Gasteiger partial charge < -0.3 is 24.2 Å². The summed E-state index contributed by atoms with van der Waals surface area (Å²) in [5, 5.41) is 9.66. The number of likely N-dealkylation sites (N-methyl/N-ethyl adjacent to an activating group) is 1. The Morgan fingerprint density at radius 1 is 1.11 bits per heavy atom. The lowest BCUT2D eigenvalue weighted by atomic mass is 10.1. The number of phenols is 1. The van der Waals surface area contributed by atoms with E-state index in [9.17, 15) is 14.7 Å². The summed E-state index contributed by atoms with van der Waals surface area (Å²) < 4.78 is 16.1. The second kappa shape index (κ2) is 7.99. The van der Waals surface area contributed by atoms with Crippen molar-refractivity contribution in [1.29, 1.82) is 0 Å². The fraction of sp³-hybridized carbons (Fsp3) is 0.300. The maximum Gasteiger partial charge on any atom is 0.338 e. The number of esters is 1. The molecule has 0 aliphatic carbocycles. The van der Waals surface area contributed by atoms with Gasteiger partial charge in [-0.2, -0.15) is 0 Å². The number of phenolic OH excluding ortho intramolecular Hbond substituents is 1. The van der Waals surface area contributed by atoms with Crippen molar-refractivity contribution in [3.05, 3.63) is 53.1 Å². The number of ether oxygens (including phenoxy) is 3. The molecule has 0 saturated carbocycles. The summed E-state index contributed by atoms with van der Waals surface area (Å²) in [7, 11) is 1.63. The van der Waals surface area contributed by atoms with Crippen molar-refractivity contribution in [1.82, 2.24) is 4.90 Å². The highest BCUT2D eigenvalue weighted by molar-refractivity contribution is 5.91. The van der Waals surface area contributed by atoms with Gasteiger partial charge in [0.1, 0.15) is 19.0 Å². The molecule has 0 fully saturated rings. The van der Waals surface area contributed by atoms with Crippen molar-refractivity contribution in [2.75, 3.05) is 26.9 Å². The van der Waals surface area contributed by atoms with Gasteiger partial charge in [-0.05, 0) is 42.3 Å². The molecule has 1 N–H and O–H groups in total. The van der Waals surface area contributed by atoms with E-state index in [1.807, 2.05) is 18.2 Å². The third-order valence-electron chi connectivity index (χ3n) is 4.22. The van der Waals surface area contributed by atoms with Crippen molar-refractivity contribution < 1.29 is 28.9 Å². The first-order chi connectivity index (χ1) is 12.9. The Balaban J connectivity index is 1.54. The van der Waals surface area contributed by atoms with Crippen molar-refractivity contribution in [3.8, 4) is 17.2 Å². The van der Waals surface area contributed by atoms with Gasteiger partial charge in [-0.1, -0.05) is 12.1 Å². The molecule has 2 aromatic carbocycles. The van der Waals surface area contributed by atoms with Gasteiger partial charge in [0.25, 0.3) is 5.91 Å². The van der Waals surface area contributed by atoms with E-state index in [2.05, 4.69) is 0 Å². The van der Waals surface area contributed by atoms with Gasteiger partial charge in [0.15, 0.2) is 18.1 Å². The van der Waals surface area contributed by atoms with Crippen LogP contribution < -0.4 is 9.47 Å². The Labute approximate surface area is 157 Å². The molecule has 1 heterocycles. The summed E-state index contributed by atoms with van der Waals surface area (Å²) in [6, 6.07) is 9.98. The van der Waals surface area contributed by atoms with Crippen molar-refractivity contribution >= 4 is 11.9 Å². The average molecular weight is 371 g/mol. The molecule has 1 aliphatic rings. The number of amides is 1. The highest BCUT2D eigenvalue weighted by Crippen LogP contribution is 2.31. The van der Waals surface area contributed by atoms with Gasteiger partial charge in [-0.3, -0.25) is 4.79 Å². The number of nitrogens with zero attached hydrogens (tertiary/aromatic N) is 1. The maximum absolute atomic E-state index is 12.2. The van der Waals surface area contributed by atoms with E-state index in [1.54, 1.807) is 26.1 Å². The Morgan fingerprint density at radius 3 is 2.59 bits per heavy atom. The number of benzene rings is 2. The lowest BCUT2D eigenvalue weighted by Gasteiger charge is -2.21. The van der Waals surface area contributed by atoms with Crippen LogP contribution in [0, 0.1) is 6.92 Å². The van der Waals surface area contributed by atoms with Gasteiger partial charge in [0.05, 0.1) is 5.56 Å². The van der Waals surface area contributed by atoms with Crippen LogP contribution in [0.4, 0.5) is 0 Å². The summed E-state index contributed by atoms with van der Waals surface area (Å²) in [5.74, 6) is 0.354. The van der Waals surface area contributed by atoms with Crippen LogP contribution in [0.2, 0.25) is 0 Å². The van der Waals surface area contributed by atoms with Crippen LogP contribution in [0.1, 0.15) is 21.5 Å². The third-order valence-corrected chi connectivity index (χ3v) is 4.22. The molecule has 0 aromatic heterocycles. The quantitative estimate of drug-likeness (QED) is 0.812. The summed E-state index contributed by atoms with van der Waals surface area (Å²) in [6.07, 6.45) is 0. The summed E-state index contributed by atoms with van der Waals surface area (Å²) >= 11 is 0. The molecular formula is C20H21NO6. The molecule has 27 heavy (non-hydrogen) atoms. The molecular weight excluding hydrogens is 350 g/mol. The van der Waals surface area contributed by atoms with Crippen molar-refractivity contribution in [3.63, 3.8) is 0 Å². The van der Waals surface area contributed by atoms with Crippen LogP contribution in [0.3, 0.4) is 0 Å². The Morgan fingerprint density at radius 2 is 1.85 bits per heavy atom. The van der Waals surface area contributed by atoms with Crippen molar-refractivity contribution in [2.45, 2.75) is 13.5 Å². The molecule has 3 rings (SSSR count). The number of rotatable bonds is 5. The van der Waals surface area contributed by atoms with Gasteiger partial charge in [-0.25, -0.2) is 4.79 Å². The smallest absolute Gasteiger partial charge is 0.338 e. The molecule has 7 nitrogen and oxygen atoms in total. The molecule has 0 spiro atoms. The van der Waals surface area contributed by atoms with Crippen molar-refractivity contribution in [2.24, 2.45) is 0 Å². The minimum atomic E-state index is -0.661. The molecule has 2 aromatic rings. The standard InChI is InChI=1S/C20H21NO6/c1-13-3-5-15(10-16(13)22)20(24)27-12-19(23)21(2)11-14-4-6-17-18(9-14)26-8-7-25-17/h3-6,9-10,22H,7-8,11-12H2,1-2H3. The van der Waals surface area contributed by atoms with Crippen LogP contribution in [0.25, 0.3) is 0 Å². The third kappa shape index (κ3) is 4.49. The number of fused-ring (bicyclic) bond motifs is 1. The molecule has 7 heteroatoms. The van der Waals surface area contributed by atoms with E-state index in [1.165, 1.54) is 11.0 Å². The van der Waals surface area contributed by atoms with E-state index >= 15 is 0 Å². The molecule has 1 amide bonds. The normalized spacial score (nSPS) is 12.4. The summed E-state index contributed by atoms with van der Waals surface area (Å²) in [5.41, 5.74) is 1.73. The number of aromatic hydroxyl groups is 1. The Kier molecular flexibility index (Phi) is 5.49. The second-order valence-corrected chi connectivity index (χ2v) is 6.31. The fourth-order valence-corrected chi connectivity index (χ4v) is 2.61. The van der Waals surface area contributed by atoms with E-state index in [0.717, 1.165) is 5.56 Å². The van der Waals surface area contributed by atoms with Crippen LogP contribution in [-0.2, 0) is 16.1 Å². The topological polar surface area (TPSA) is 85.3 Å². The predicted molar refractivity (Wildman–Crippen MR) is 97.0 cm³/mol. The first-order valence-corrected chi connectivity index (χ1v) is 8.53. The van der Waals surface area contributed by atoms with Gasteiger partial charge in [0.2, 0.25) is 0 Å². The molecule has 1 aliphatic heterocycles. The second-order valence-electron chi connectivity index (χ2n) is 6.31. The van der Waals surface area contributed by atoms with Crippen LogP contribution in [0.15, 0.2) is 36.4 Å². The number of carbonyl (C=O) groups is 2. The molecule has 0 atom stereocenters. The van der Waals surface area contributed by atoms with Gasteiger partial charge >= 0.3 is 5.97 Å². The van der Waals surface area contributed by atoms with Crippen LogP contribution in [-0.4, -0.2) is 48.8 Å². The summed E-state index contributed by atoms with van der Waals surface area (Å²) in [4.78, 5) is 25.7. The van der Waals surface area contributed by atoms with Gasteiger partial charge in [0, 0.05) is 13.6 Å². The number of aryl methyl sites for hydroxylation is 1. The van der Waals surface area contributed by atoms with E-state index in [-0.39, 0.29) is 23.8 Å². The first kappa shape index (κ1) is 18.6. The zero-order valence-electron chi connectivity index (χ0n) is 15.2. The minimum absolute atomic E-state index is 0.00602. The SMILES string of the molecule is Cc1ccc(C(=O)OCC(=O)N(C)Cc2ccc3c(c2)OCCO3)cc1O. The fourth-order valence-electron chi connectivity index (χ4n) is 2.61. The number of carbonyl (C=O) groups excluding carboxylic acids is 2. The lowest BCUT2D eigenvalue weighted by molar-refractivity contribution is -0.133. The molecule has 0 radical (unpaired) electrons. The first-order valence-electron chi connectivity index (χ1n) is 8.53. The predicted octanol–water partition coefficient (Wildman–Crippen LogP) is 2.29. The van der Waals surface area contributed by atoms with Crippen LogP contribution >= 0.6 is 0 Å². The number of hydrogen-bond acceptors (Lipinski definition) is 6. The highest BCUT2D eigenvalue weighted by atomic mass is 16.6. The summed E-state index contributed by atoms with van der Waals surface area (Å²) in [6.45, 7) is 2.71. The molecule has 142 valence electrons. The number of hydrogen-bond donors (Lipinski definition) is 1. The Bertz CT molecular complexity index is 864. The average Bonchev–Trinajstić information content (AvgIpc) is 2.67. The monoisotopic (exact) mass is 371 g/mol. The highest BCUT2D eigenvalue weighted by Gasteiger charge is 2.16. The zero-order chi connectivity index (χ0) is 19.4. The molecule has 0 saturated heterocycles. The van der Waals surface area contributed by atoms with Crippen LogP contribution in [0.5, 0.6) is 17.2 Å². The largest absolute Gasteiger partial charge is 0.508 e. The molecule has 0 unspecified atom stereocenters. The Hall–Kier alpha value is -3.22. The minimum Gasteiger partial charge on any atom is -0.508 e. The maximum atomic E-state index is 12.2. The van der Waals surface area contributed by atoms with E-state index in [0.29, 0.717) is 36.8 Å². The zero-order valence-corrected chi connectivity index (χ0v) is 15.2. The molecule has 0 bridgehead atoms. The van der Waals surface area contributed by atoms with E-state index < -0.39 is 5.97 Å². The van der Waals surface area contributed by atoms with Gasteiger partial charge in [-0.15, -0.1) is 0 Å². The lowest BCUT2D eigenvalue weighted by Crippen LogP contribution is -2.30. The van der Waals surface area contributed by atoms with E-state index in [4.69, 9.17) is 14.2 Å².